The fourth-order valence-corrected chi connectivity index (χ4v) is 4.64. The van der Waals surface area contributed by atoms with Crippen molar-refractivity contribution in [1.29, 1.82) is 0 Å². The molecule has 23 heavy (non-hydrogen) atoms. The summed E-state index contributed by atoms with van der Waals surface area (Å²) in [6.07, 6.45) is 3.40. The Morgan fingerprint density at radius 3 is 3.17 bits per heavy atom. The Kier molecular flexibility index (Phi) is 3.69. The van der Waals surface area contributed by atoms with Gasteiger partial charge < -0.3 is 10.0 Å². The number of aryl methyl sites for hydroxylation is 1. The first-order chi connectivity index (χ1) is 11.2. The molecular formula is C16H20N4O2S. The number of aliphatic hydroxyl groups is 1. The Bertz CT molecular complexity index is 738. The van der Waals surface area contributed by atoms with Crippen molar-refractivity contribution in [3.63, 3.8) is 0 Å². The van der Waals surface area contributed by atoms with Crippen LogP contribution < -0.4 is 0 Å². The summed E-state index contributed by atoms with van der Waals surface area (Å²) in [6, 6.07) is 2.09. The Labute approximate surface area is 138 Å². The Morgan fingerprint density at radius 1 is 1.48 bits per heavy atom. The van der Waals surface area contributed by atoms with Crippen LogP contribution in [0.1, 0.15) is 44.8 Å². The maximum atomic E-state index is 12.9. The van der Waals surface area contributed by atoms with E-state index in [0.717, 1.165) is 23.4 Å². The van der Waals surface area contributed by atoms with Gasteiger partial charge in [-0.2, -0.15) is 0 Å². The molecule has 0 unspecified atom stereocenters. The third-order valence-corrected chi connectivity index (χ3v) is 6.04. The van der Waals surface area contributed by atoms with Crippen LogP contribution in [0.15, 0.2) is 6.07 Å². The van der Waals surface area contributed by atoms with Crippen LogP contribution in [-0.2, 0) is 32.5 Å². The normalized spacial score (nSPS) is 20.3. The molecule has 2 aliphatic rings. The lowest BCUT2D eigenvalue weighted by Crippen LogP contribution is -2.38. The van der Waals surface area contributed by atoms with E-state index in [-0.39, 0.29) is 12.5 Å². The van der Waals surface area contributed by atoms with Gasteiger partial charge in [-0.25, -0.2) is 4.68 Å². The predicted octanol–water partition coefficient (Wildman–Crippen LogP) is 1.61. The molecule has 0 radical (unpaired) electrons. The smallest absolute Gasteiger partial charge is 0.264 e. The Morgan fingerprint density at radius 2 is 2.35 bits per heavy atom. The van der Waals surface area contributed by atoms with Crippen molar-refractivity contribution < 1.29 is 9.90 Å². The average molecular weight is 332 g/mol. The maximum Gasteiger partial charge on any atom is 0.264 e. The van der Waals surface area contributed by atoms with Gasteiger partial charge >= 0.3 is 0 Å². The van der Waals surface area contributed by atoms with Gasteiger partial charge in [-0.05, 0) is 36.8 Å². The third-order valence-electron chi connectivity index (χ3n) is 4.82. The van der Waals surface area contributed by atoms with Gasteiger partial charge in [0, 0.05) is 11.4 Å². The van der Waals surface area contributed by atoms with Crippen molar-refractivity contribution in [2.24, 2.45) is 5.92 Å². The Balaban J connectivity index is 1.56. The van der Waals surface area contributed by atoms with Gasteiger partial charge in [0.1, 0.15) is 5.69 Å². The molecule has 122 valence electrons. The van der Waals surface area contributed by atoms with Gasteiger partial charge in [-0.1, -0.05) is 12.1 Å². The van der Waals surface area contributed by atoms with E-state index in [4.69, 9.17) is 0 Å². The third kappa shape index (κ3) is 2.57. The number of fused-ring (bicyclic) bond motifs is 2. The number of carbonyl (C=O) groups excluding carboxylic acids is 1. The molecule has 1 aliphatic carbocycles. The molecule has 2 aromatic heterocycles. The van der Waals surface area contributed by atoms with Gasteiger partial charge in [0.05, 0.1) is 30.3 Å². The highest BCUT2D eigenvalue weighted by Crippen LogP contribution is 2.33. The van der Waals surface area contributed by atoms with E-state index in [1.165, 1.54) is 16.9 Å². The lowest BCUT2D eigenvalue weighted by molar-refractivity contribution is 0.0709. The van der Waals surface area contributed by atoms with E-state index in [1.807, 2.05) is 4.90 Å². The zero-order valence-corrected chi connectivity index (χ0v) is 14.0. The molecule has 0 aromatic carbocycles. The summed E-state index contributed by atoms with van der Waals surface area (Å²) in [5.74, 6) is 0.802. The SMILES string of the molecule is C[C@@H]1CCc2sc(C(=O)N3CCn4nnc(CO)c4C3)cc2C1. The highest BCUT2D eigenvalue weighted by molar-refractivity contribution is 7.14. The second kappa shape index (κ2) is 5.72. The van der Waals surface area contributed by atoms with Gasteiger partial charge in [-0.15, -0.1) is 16.4 Å². The monoisotopic (exact) mass is 332 g/mol. The van der Waals surface area contributed by atoms with Gasteiger partial charge in [0.25, 0.3) is 5.91 Å². The van der Waals surface area contributed by atoms with Crippen molar-refractivity contribution >= 4 is 17.2 Å². The highest BCUT2D eigenvalue weighted by Gasteiger charge is 2.28. The molecule has 1 amide bonds. The zero-order chi connectivity index (χ0) is 16.0. The maximum absolute atomic E-state index is 12.9. The van der Waals surface area contributed by atoms with Crippen LogP contribution in [-0.4, -0.2) is 37.5 Å². The van der Waals surface area contributed by atoms with Gasteiger partial charge in [-0.3, -0.25) is 4.79 Å². The van der Waals surface area contributed by atoms with Gasteiger partial charge in [0.2, 0.25) is 0 Å². The largest absolute Gasteiger partial charge is 0.390 e. The number of hydrogen-bond acceptors (Lipinski definition) is 5. The van der Waals surface area contributed by atoms with Crippen molar-refractivity contribution in [1.82, 2.24) is 19.9 Å². The molecule has 4 rings (SSSR count). The fraction of sp³-hybridized carbons (Fsp3) is 0.562. The standard InChI is InChI=1S/C16H20N4O2S/c1-10-2-3-14-11(6-10)7-15(23-14)16(22)19-4-5-20-13(8-19)12(9-21)17-18-20/h7,10,21H,2-6,8-9H2,1H3/t10-/m1/s1. The number of amides is 1. The first-order valence-electron chi connectivity index (χ1n) is 8.08. The zero-order valence-electron chi connectivity index (χ0n) is 13.2. The van der Waals surface area contributed by atoms with Crippen LogP contribution in [0, 0.1) is 5.92 Å². The molecule has 1 atom stereocenters. The minimum Gasteiger partial charge on any atom is -0.390 e. The van der Waals surface area contributed by atoms with Crippen molar-refractivity contribution in [3.8, 4) is 0 Å². The summed E-state index contributed by atoms with van der Waals surface area (Å²) in [5, 5.41) is 17.3. The fourth-order valence-electron chi connectivity index (χ4n) is 3.46. The molecule has 1 aliphatic heterocycles. The number of thiophene rings is 1. The topological polar surface area (TPSA) is 71.2 Å². The van der Waals surface area contributed by atoms with Crippen LogP contribution in [0.2, 0.25) is 0 Å². The van der Waals surface area contributed by atoms with Crippen LogP contribution >= 0.6 is 11.3 Å². The minimum atomic E-state index is -0.136. The quantitative estimate of drug-likeness (QED) is 0.907. The summed E-state index contributed by atoms with van der Waals surface area (Å²) >= 11 is 1.65. The van der Waals surface area contributed by atoms with E-state index in [2.05, 4.69) is 23.3 Å². The van der Waals surface area contributed by atoms with E-state index in [1.54, 1.807) is 16.0 Å². The molecule has 2 aromatic rings. The molecule has 1 N–H and O–H groups in total. The van der Waals surface area contributed by atoms with Crippen molar-refractivity contribution in [2.45, 2.75) is 45.9 Å². The number of aliphatic hydroxyl groups excluding tert-OH is 1. The minimum absolute atomic E-state index is 0.0911. The van der Waals surface area contributed by atoms with E-state index < -0.39 is 0 Å². The van der Waals surface area contributed by atoms with Crippen LogP contribution in [0.25, 0.3) is 0 Å². The van der Waals surface area contributed by atoms with Crippen molar-refractivity contribution in [3.05, 3.63) is 32.8 Å². The lowest BCUT2D eigenvalue weighted by Gasteiger charge is -2.27. The van der Waals surface area contributed by atoms with E-state index in [9.17, 15) is 9.90 Å². The summed E-state index contributed by atoms with van der Waals surface area (Å²) in [5.41, 5.74) is 2.78. The second-order valence-corrected chi connectivity index (χ2v) is 7.63. The average Bonchev–Trinajstić information content (AvgIpc) is 3.16. The highest BCUT2D eigenvalue weighted by atomic mass is 32.1. The van der Waals surface area contributed by atoms with Crippen molar-refractivity contribution in [2.75, 3.05) is 6.54 Å². The molecule has 0 spiro atoms. The first kappa shape index (κ1) is 14.8. The van der Waals surface area contributed by atoms with Gasteiger partial charge in [0.15, 0.2) is 0 Å². The molecule has 0 saturated carbocycles. The van der Waals surface area contributed by atoms with E-state index >= 15 is 0 Å². The van der Waals surface area contributed by atoms with E-state index in [0.29, 0.717) is 31.2 Å². The number of carbonyl (C=O) groups is 1. The molecule has 0 fully saturated rings. The molecule has 0 bridgehead atoms. The molecule has 7 heteroatoms. The molecule has 0 saturated heterocycles. The summed E-state index contributed by atoms with van der Waals surface area (Å²) in [4.78, 5) is 16.9. The molecule has 6 nitrogen and oxygen atoms in total. The number of nitrogens with zero attached hydrogens (tertiary/aromatic N) is 4. The summed E-state index contributed by atoms with van der Waals surface area (Å²) in [6.45, 7) is 3.88. The van der Waals surface area contributed by atoms with Crippen LogP contribution in [0.3, 0.4) is 0 Å². The number of hydrogen-bond donors (Lipinski definition) is 1. The molecule has 3 heterocycles. The Hall–Kier alpha value is -1.73. The number of rotatable bonds is 2. The summed E-state index contributed by atoms with van der Waals surface area (Å²) in [7, 11) is 0. The lowest BCUT2D eigenvalue weighted by atomic mass is 9.90. The predicted molar refractivity (Wildman–Crippen MR) is 86.2 cm³/mol. The van der Waals surface area contributed by atoms with Crippen LogP contribution in [0.4, 0.5) is 0 Å². The summed E-state index contributed by atoms with van der Waals surface area (Å²) < 4.78 is 1.79. The number of aromatic nitrogens is 3. The first-order valence-corrected chi connectivity index (χ1v) is 8.90. The van der Waals surface area contributed by atoms with Crippen LogP contribution in [0.5, 0.6) is 0 Å². The molecular weight excluding hydrogens is 312 g/mol. The second-order valence-electron chi connectivity index (χ2n) is 6.50.